The average Bonchev–Trinajstić information content (AvgIpc) is 2.35. The summed E-state index contributed by atoms with van der Waals surface area (Å²) >= 11 is 4.81. The summed E-state index contributed by atoms with van der Waals surface area (Å²) < 4.78 is 1.02. The SMILES string of the molecule is NC(=O)NN=Cc1ccc(Br)s1. The maximum atomic E-state index is 10.2. The van der Waals surface area contributed by atoms with Crippen LogP contribution in [0.1, 0.15) is 4.88 Å². The number of carbonyl (C=O) groups is 1. The number of nitrogens with two attached hydrogens (primary N) is 1. The van der Waals surface area contributed by atoms with Gasteiger partial charge in [-0.2, -0.15) is 5.10 Å². The molecule has 3 N–H and O–H groups in total. The molecule has 0 bridgehead atoms. The minimum absolute atomic E-state index is 0.665. The maximum absolute atomic E-state index is 10.2. The van der Waals surface area contributed by atoms with Crippen molar-refractivity contribution in [3.63, 3.8) is 0 Å². The molecule has 0 aliphatic rings. The molecule has 0 aromatic carbocycles. The summed E-state index contributed by atoms with van der Waals surface area (Å²) in [6.07, 6.45) is 1.53. The van der Waals surface area contributed by atoms with Crippen LogP contribution in [0.3, 0.4) is 0 Å². The van der Waals surface area contributed by atoms with Crippen molar-refractivity contribution in [3.05, 3.63) is 20.8 Å². The van der Waals surface area contributed by atoms with Crippen molar-refractivity contribution in [2.24, 2.45) is 10.8 Å². The minimum atomic E-state index is -0.665. The first-order valence-corrected chi connectivity index (χ1v) is 4.63. The van der Waals surface area contributed by atoms with Gasteiger partial charge in [0.1, 0.15) is 0 Å². The lowest BCUT2D eigenvalue weighted by atomic mass is 10.5. The van der Waals surface area contributed by atoms with Crippen LogP contribution in [-0.4, -0.2) is 12.2 Å². The molecule has 0 aliphatic carbocycles. The van der Waals surface area contributed by atoms with Gasteiger partial charge in [-0.3, -0.25) is 0 Å². The van der Waals surface area contributed by atoms with Crippen molar-refractivity contribution < 1.29 is 4.79 Å². The van der Waals surface area contributed by atoms with Gasteiger partial charge in [-0.05, 0) is 28.1 Å². The highest BCUT2D eigenvalue weighted by atomic mass is 79.9. The highest BCUT2D eigenvalue weighted by Gasteiger charge is 1.92. The van der Waals surface area contributed by atoms with Gasteiger partial charge in [0, 0.05) is 4.88 Å². The number of hydrazone groups is 1. The van der Waals surface area contributed by atoms with Crippen LogP contribution in [0.2, 0.25) is 0 Å². The molecule has 64 valence electrons. The lowest BCUT2D eigenvalue weighted by Gasteiger charge is -1.88. The molecule has 6 heteroatoms. The molecule has 0 aliphatic heterocycles. The maximum Gasteiger partial charge on any atom is 0.332 e. The van der Waals surface area contributed by atoms with E-state index in [1.54, 1.807) is 0 Å². The summed E-state index contributed by atoms with van der Waals surface area (Å²) in [5, 5.41) is 3.59. The molecule has 1 aromatic heterocycles. The van der Waals surface area contributed by atoms with E-state index in [1.165, 1.54) is 17.6 Å². The molecule has 1 aromatic rings. The van der Waals surface area contributed by atoms with Gasteiger partial charge in [-0.1, -0.05) is 0 Å². The van der Waals surface area contributed by atoms with E-state index in [-0.39, 0.29) is 0 Å². The number of hydrogen-bond acceptors (Lipinski definition) is 3. The third kappa shape index (κ3) is 3.02. The quantitative estimate of drug-likeness (QED) is 0.604. The number of hydrogen-bond donors (Lipinski definition) is 2. The van der Waals surface area contributed by atoms with E-state index < -0.39 is 6.03 Å². The number of halogens is 1. The fourth-order valence-electron chi connectivity index (χ4n) is 0.557. The number of carbonyl (C=O) groups excluding carboxylic acids is 1. The van der Waals surface area contributed by atoms with Crippen LogP contribution in [0, 0.1) is 0 Å². The smallest absolute Gasteiger partial charge is 0.332 e. The van der Waals surface area contributed by atoms with Gasteiger partial charge in [0.15, 0.2) is 0 Å². The van der Waals surface area contributed by atoms with Gasteiger partial charge in [0.2, 0.25) is 0 Å². The second kappa shape index (κ2) is 4.22. The van der Waals surface area contributed by atoms with Gasteiger partial charge in [-0.15, -0.1) is 11.3 Å². The fraction of sp³-hybridized carbons (Fsp3) is 0. The van der Waals surface area contributed by atoms with Gasteiger partial charge < -0.3 is 5.73 Å². The first-order chi connectivity index (χ1) is 5.68. The van der Waals surface area contributed by atoms with Crippen molar-refractivity contribution in [1.29, 1.82) is 0 Å². The second-order valence-corrected chi connectivity index (χ2v) is 4.37. The highest BCUT2D eigenvalue weighted by Crippen LogP contribution is 2.20. The molecular formula is C6H6BrN3OS. The molecule has 0 unspecified atom stereocenters. The van der Waals surface area contributed by atoms with Crippen molar-refractivity contribution in [3.8, 4) is 0 Å². The number of thiophene rings is 1. The fourth-order valence-corrected chi connectivity index (χ4v) is 1.85. The topological polar surface area (TPSA) is 67.5 Å². The molecule has 1 heterocycles. The predicted octanol–water partition coefficient (Wildman–Crippen LogP) is 1.51. The average molecular weight is 248 g/mol. The summed E-state index contributed by atoms with van der Waals surface area (Å²) in [4.78, 5) is 11.1. The molecule has 0 atom stereocenters. The Morgan fingerprint density at radius 2 is 2.50 bits per heavy atom. The number of amides is 2. The van der Waals surface area contributed by atoms with E-state index in [0.29, 0.717) is 0 Å². The van der Waals surface area contributed by atoms with E-state index in [1.807, 2.05) is 12.1 Å². The molecule has 1 rings (SSSR count). The van der Waals surface area contributed by atoms with Crippen LogP contribution in [0.25, 0.3) is 0 Å². The zero-order valence-electron chi connectivity index (χ0n) is 5.95. The van der Waals surface area contributed by atoms with Gasteiger partial charge in [-0.25, -0.2) is 10.2 Å². The molecule has 0 spiro atoms. The molecule has 0 fully saturated rings. The molecular weight excluding hydrogens is 242 g/mol. The zero-order chi connectivity index (χ0) is 8.97. The minimum Gasteiger partial charge on any atom is -0.350 e. The van der Waals surface area contributed by atoms with E-state index in [4.69, 9.17) is 5.73 Å². The summed E-state index contributed by atoms with van der Waals surface area (Å²) in [6.45, 7) is 0. The number of rotatable bonds is 2. The first-order valence-electron chi connectivity index (χ1n) is 3.02. The van der Waals surface area contributed by atoms with Gasteiger partial charge >= 0.3 is 6.03 Å². The van der Waals surface area contributed by atoms with Crippen LogP contribution in [0.4, 0.5) is 4.79 Å². The van der Waals surface area contributed by atoms with Crippen molar-refractivity contribution in [1.82, 2.24) is 5.43 Å². The largest absolute Gasteiger partial charge is 0.350 e. The van der Waals surface area contributed by atoms with Gasteiger partial charge in [0.25, 0.3) is 0 Å². The monoisotopic (exact) mass is 247 g/mol. The normalized spacial score (nSPS) is 10.4. The molecule has 0 saturated heterocycles. The van der Waals surface area contributed by atoms with Crippen molar-refractivity contribution in [2.45, 2.75) is 0 Å². The van der Waals surface area contributed by atoms with Crippen molar-refractivity contribution in [2.75, 3.05) is 0 Å². The Kier molecular flexibility index (Phi) is 3.24. The van der Waals surface area contributed by atoms with Crippen molar-refractivity contribution >= 4 is 39.5 Å². The van der Waals surface area contributed by atoms with Gasteiger partial charge in [0.05, 0.1) is 10.0 Å². The standard InChI is InChI=1S/C6H6BrN3OS/c7-5-2-1-4(12-5)3-9-10-6(8)11/h1-3H,(H3,8,10,11). The van der Waals surface area contributed by atoms with Crippen LogP contribution in [0.15, 0.2) is 21.0 Å². The Balaban J connectivity index is 2.52. The molecule has 2 amide bonds. The lowest BCUT2D eigenvalue weighted by Crippen LogP contribution is -2.24. The molecule has 0 radical (unpaired) electrons. The molecule has 4 nitrogen and oxygen atoms in total. The summed E-state index contributed by atoms with van der Waals surface area (Å²) in [7, 11) is 0. The van der Waals surface area contributed by atoms with Crippen LogP contribution in [-0.2, 0) is 0 Å². The lowest BCUT2D eigenvalue weighted by molar-refractivity contribution is 0.249. The Labute approximate surface area is 81.6 Å². The number of primary amides is 1. The third-order valence-corrected chi connectivity index (χ3v) is 2.52. The Bertz CT molecular complexity index is 309. The van der Waals surface area contributed by atoms with E-state index in [0.717, 1.165) is 8.66 Å². The predicted molar refractivity (Wildman–Crippen MR) is 52.3 cm³/mol. The number of nitrogens with zero attached hydrogens (tertiary/aromatic N) is 1. The zero-order valence-corrected chi connectivity index (χ0v) is 8.35. The third-order valence-electron chi connectivity index (χ3n) is 0.961. The number of nitrogens with one attached hydrogen (secondary N) is 1. The summed E-state index contributed by atoms with van der Waals surface area (Å²) in [6, 6.07) is 3.11. The van der Waals surface area contributed by atoms with Crippen LogP contribution < -0.4 is 11.2 Å². The molecule has 12 heavy (non-hydrogen) atoms. The Morgan fingerprint density at radius 1 is 1.75 bits per heavy atom. The number of urea groups is 1. The second-order valence-electron chi connectivity index (χ2n) is 1.88. The first kappa shape index (κ1) is 9.21. The summed E-state index contributed by atoms with van der Waals surface area (Å²) in [5.74, 6) is 0. The van der Waals surface area contributed by atoms with E-state index >= 15 is 0 Å². The molecule has 0 saturated carbocycles. The highest BCUT2D eigenvalue weighted by molar-refractivity contribution is 9.11. The summed E-state index contributed by atoms with van der Waals surface area (Å²) in [5.41, 5.74) is 6.90. The Morgan fingerprint density at radius 3 is 3.00 bits per heavy atom. The Hall–Kier alpha value is -0.880. The van der Waals surface area contributed by atoms with Crippen LogP contribution >= 0.6 is 27.3 Å². The van der Waals surface area contributed by atoms with E-state index in [2.05, 4.69) is 26.5 Å². The van der Waals surface area contributed by atoms with Crippen LogP contribution in [0.5, 0.6) is 0 Å². The van der Waals surface area contributed by atoms with E-state index in [9.17, 15) is 4.79 Å².